The molecule has 0 saturated heterocycles. The van der Waals surface area contributed by atoms with Crippen LogP contribution in [0.5, 0.6) is 0 Å². The lowest BCUT2D eigenvalue weighted by Gasteiger charge is -2.28. The van der Waals surface area contributed by atoms with Gasteiger partial charge >= 0.3 is 0 Å². The third-order valence-electron chi connectivity index (χ3n) is 3.70. The van der Waals surface area contributed by atoms with Crippen LogP contribution in [0.3, 0.4) is 0 Å². The number of methoxy groups -OCH3 is 1. The van der Waals surface area contributed by atoms with Gasteiger partial charge in [0, 0.05) is 24.2 Å². The van der Waals surface area contributed by atoms with E-state index in [9.17, 15) is 8.42 Å². The van der Waals surface area contributed by atoms with Crippen molar-refractivity contribution in [2.24, 2.45) is 5.92 Å². The van der Waals surface area contributed by atoms with Gasteiger partial charge in [0.25, 0.3) is 0 Å². The van der Waals surface area contributed by atoms with Crippen LogP contribution in [-0.2, 0) is 14.8 Å². The molecule has 1 unspecified atom stereocenters. The standard InChI is InChI=1S/C14H20BrNO3S/c1-11(12-7-8-12)16(9-10-19-2)20(17,18)14-6-4-3-5-13(14)15/h3-6,11-12H,7-10H2,1-2H3. The normalized spacial score (nSPS) is 17.4. The van der Waals surface area contributed by atoms with Gasteiger partial charge < -0.3 is 4.74 Å². The van der Waals surface area contributed by atoms with Crippen LogP contribution in [0.15, 0.2) is 33.6 Å². The van der Waals surface area contributed by atoms with Crippen molar-refractivity contribution >= 4 is 26.0 Å². The third-order valence-corrected chi connectivity index (χ3v) is 6.70. The Morgan fingerprint density at radius 1 is 1.40 bits per heavy atom. The van der Waals surface area contributed by atoms with Crippen LogP contribution in [0, 0.1) is 5.92 Å². The zero-order valence-corrected chi connectivity index (χ0v) is 14.2. The number of ether oxygens (including phenoxy) is 1. The highest BCUT2D eigenvalue weighted by Crippen LogP contribution is 2.37. The van der Waals surface area contributed by atoms with Gasteiger partial charge in [-0.15, -0.1) is 0 Å². The van der Waals surface area contributed by atoms with Crippen LogP contribution in [-0.4, -0.2) is 39.0 Å². The minimum Gasteiger partial charge on any atom is -0.383 e. The summed E-state index contributed by atoms with van der Waals surface area (Å²) >= 11 is 3.33. The molecular weight excluding hydrogens is 342 g/mol. The molecule has 1 atom stereocenters. The third kappa shape index (κ3) is 3.42. The van der Waals surface area contributed by atoms with E-state index in [2.05, 4.69) is 15.9 Å². The van der Waals surface area contributed by atoms with Crippen molar-refractivity contribution in [2.45, 2.75) is 30.7 Å². The van der Waals surface area contributed by atoms with Gasteiger partial charge in [0.1, 0.15) is 0 Å². The van der Waals surface area contributed by atoms with E-state index >= 15 is 0 Å². The Balaban J connectivity index is 2.33. The van der Waals surface area contributed by atoms with E-state index in [4.69, 9.17) is 4.74 Å². The van der Waals surface area contributed by atoms with E-state index in [1.54, 1.807) is 29.6 Å². The smallest absolute Gasteiger partial charge is 0.244 e. The summed E-state index contributed by atoms with van der Waals surface area (Å²) in [5, 5.41) is 0. The summed E-state index contributed by atoms with van der Waals surface area (Å²) in [6.07, 6.45) is 2.21. The topological polar surface area (TPSA) is 46.6 Å². The number of hydrogen-bond donors (Lipinski definition) is 0. The average Bonchev–Trinajstić information content (AvgIpc) is 3.23. The molecular formula is C14H20BrNO3S. The Kier molecular flexibility index (Phi) is 5.23. The second-order valence-corrected chi connectivity index (χ2v) is 7.83. The minimum absolute atomic E-state index is 0.0160. The Labute approximate surface area is 129 Å². The van der Waals surface area contributed by atoms with E-state index in [1.807, 2.05) is 13.0 Å². The fourth-order valence-electron chi connectivity index (χ4n) is 2.32. The van der Waals surface area contributed by atoms with E-state index in [-0.39, 0.29) is 6.04 Å². The van der Waals surface area contributed by atoms with Gasteiger partial charge in [-0.25, -0.2) is 8.42 Å². The molecule has 112 valence electrons. The largest absolute Gasteiger partial charge is 0.383 e. The van der Waals surface area contributed by atoms with Gasteiger partial charge in [0.05, 0.1) is 11.5 Å². The highest BCUT2D eigenvalue weighted by molar-refractivity contribution is 9.10. The van der Waals surface area contributed by atoms with E-state index < -0.39 is 10.0 Å². The van der Waals surface area contributed by atoms with E-state index in [1.165, 1.54) is 0 Å². The van der Waals surface area contributed by atoms with Crippen LogP contribution in [0.1, 0.15) is 19.8 Å². The van der Waals surface area contributed by atoms with Crippen molar-refractivity contribution < 1.29 is 13.2 Å². The first-order valence-electron chi connectivity index (χ1n) is 6.73. The summed E-state index contributed by atoms with van der Waals surface area (Å²) in [6.45, 7) is 2.78. The Morgan fingerprint density at radius 3 is 2.60 bits per heavy atom. The number of rotatable bonds is 7. The zero-order valence-electron chi connectivity index (χ0n) is 11.8. The summed E-state index contributed by atoms with van der Waals surface area (Å²) < 4.78 is 33.0. The maximum atomic E-state index is 12.9. The number of hydrogen-bond acceptors (Lipinski definition) is 3. The van der Waals surface area contributed by atoms with Gasteiger partial charge in [-0.05, 0) is 53.7 Å². The quantitative estimate of drug-likeness (QED) is 0.749. The summed E-state index contributed by atoms with van der Waals surface area (Å²) in [4.78, 5) is 0.323. The van der Waals surface area contributed by atoms with Crippen LogP contribution < -0.4 is 0 Å². The second-order valence-electron chi connectivity index (χ2n) is 5.12. The van der Waals surface area contributed by atoms with Gasteiger partial charge in [-0.3, -0.25) is 0 Å². The molecule has 1 aliphatic carbocycles. The van der Waals surface area contributed by atoms with Gasteiger partial charge in [-0.1, -0.05) is 12.1 Å². The molecule has 1 saturated carbocycles. The zero-order chi connectivity index (χ0) is 14.8. The molecule has 0 aliphatic heterocycles. The monoisotopic (exact) mass is 361 g/mol. The van der Waals surface area contributed by atoms with Gasteiger partial charge in [-0.2, -0.15) is 4.31 Å². The molecule has 1 aromatic carbocycles. The van der Waals surface area contributed by atoms with E-state index in [0.29, 0.717) is 28.4 Å². The maximum Gasteiger partial charge on any atom is 0.244 e. The van der Waals surface area contributed by atoms with Crippen molar-refractivity contribution in [1.29, 1.82) is 0 Å². The second kappa shape index (κ2) is 6.56. The highest BCUT2D eigenvalue weighted by Gasteiger charge is 2.38. The van der Waals surface area contributed by atoms with Crippen molar-refractivity contribution in [1.82, 2.24) is 4.31 Å². The molecule has 6 heteroatoms. The van der Waals surface area contributed by atoms with Crippen LogP contribution >= 0.6 is 15.9 Å². The first-order valence-corrected chi connectivity index (χ1v) is 8.97. The maximum absolute atomic E-state index is 12.9. The van der Waals surface area contributed by atoms with Crippen LogP contribution in [0.25, 0.3) is 0 Å². The number of sulfonamides is 1. The molecule has 1 aliphatic rings. The predicted octanol–water partition coefficient (Wildman–Crippen LogP) is 2.88. The number of halogens is 1. The first kappa shape index (κ1) is 15.9. The summed E-state index contributed by atoms with van der Waals surface area (Å²) in [6, 6.07) is 6.96. The average molecular weight is 362 g/mol. The highest BCUT2D eigenvalue weighted by atomic mass is 79.9. The fourth-order valence-corrected chi connectivity index (χ4v) is 4.96. The molecule has 20 heavy (non-hydrogen) atoms. The molecule has 2 rings (SSSR count). The molecule has 0 spiro atoms. The van der Waals surface area contributed by atoms with Crippen LogP contribution in [0.4, 0.5) is 0 Å². The summed E-state index contributed by atoms with van der Waals surface area (Å²) in [7, 11) is -1.91. The van der Waals surface area contributed by atoms with Gasteiger partial charge in [0.2, 0.25) is 10.0 Å². The Bertz CT molecular complexity index is 557. The van der Waals surface area contributed by atoms with Crippen molar-refractivity contribution in [2.75, 3.05) is 20.3 Å². The molecule has 0 radical (unpaired) electrons. The van der Waals surface area contributed by atoms with E-state index in [0.717, 1.165) is 12.8 Å². The van der Waals surface area contributed by atoms with Crippen molar-refractivity contribution in [3.05, 3.63) is 28.7 Å². The Hall–Kier alpha value is -0.430. The molecule has 0 heterocycles. The molecule has 1 aromatic rings. The molecule has 0 bridgehead atoms. The first-order chi connectivity index (χ1) is 9.48. The van der Waals surface area contributed by atoms with Gasteiger partial charge in [0.15, 0.2) is 0 Å². The van der Waals surface area contributed by atoms with Crippen molar-refractivity contribution in [3.8, 4) is 0 Å². The van der Waals surface area contributed by atoms with Crippen molar-refractivity contribution in [3.63, 3.8) is 0 Å². The summed E-state index contributed by atoms with van der Waals surface area (Å²) in [5.41, 5.74) is 0. The lowest BCUT2D eigenvalue weighted by molar-refractivity contribution is 0.164. The predicted molar refractivity (Wildman–Crippen MR) is 82.1 cm³/mol. The lowest BCUT2D eigenvalue weighted by Crippen LogP contribution is -2.42. The number of benzene rings is 1. The minimum atomic E-state index is -3.50. The number of nitrogens with zero attached hydrogens (tertiary/aromatic N) is 1. The molecule has 0 N–H and O–H groups in total. The molecule has 0 amide bonds. The SMILES string of the molecule is COCCN(C(C)C1CC1)S(=O)(=O)c1ccccc1Br. The fraction of sp³-hybridized carbons (Fsp3) is 0.571. The molecule has 0 aromatic heterocycles. The lowest BCUT2D eigenvalue weighted by atomic mass is 10.2. The van der Waals surface area contributed by atoms with Crippen LogP contribution in [0.2, 0.25) is 0 Å². The summed E-state index contributed by atoms with van der Waals surface area (Å²) in [5.74, 6) is 0.476. The Morgan fingerprint density at radius 2 is 2.05 bits per heavy atom. The molecule has 4 nitrogen and oxygen atoms in total. The molecule has 1 fully saturated rings.